The Morgan fingerprint density at radius 1 is 1.29 bits per heavy atom. The molecule has 1 aromatic rings. The highest BCUT2D eigenvalue weighted by molar-refractivity contribution is 8.00. The molecule has 1 heterocycles. The van der Waals surface area contributed by atoms with Gasteiger partial charge in [-0.15, -0.1) is 0 Å². The van der Waals surface area contributed by atoms with E-state index in [2.05, 4.69) is 68.5 Å². The monoisotopic (exact) mass is 271 g/mol. The number of quaternary nitrogens is 1. The predicted octanol–water partition coefficient (Wildman–Crippen LogP) is 2.23. The maximum atomic E-state index is 4.66. The van der Waals surface area contributed by atoms with E-state index in [1.165, 1.54) is 5.82 Å². The van der Waals surface area contributed by atoms with Crippen molar-refractivity contribution in [1.82, 2.24) is 9.47 Å². The van der Waals surface area contributed by atoms with Crippen molar-refractivity contribution < 1.29 is 0 Å². The molecule has 0 aliphatic heterocycles. The van der Waals surface area contributed by atoms with Crippen molar-refractivity contribution in [2.45, 2.75) is 20.8 Å². The van der Waals surface area contributed by atoms with E-state index < -0.39 is 0 Å². The Kier molecular flexibility index (Phi) is 7.95. The third-order valence-corrected chi connectivity index (χ3v) is 2.95. The topological polar surface area (TPSA) is 38.9 Å². The smallest absolute Gasteiger partial charge is 0.227 e. The summed E-state index contributed by atoms with van der Waals surface area (Å²) in [5.41, 5.74) is 4.66. The summed E-state index contributed by atoms with van der Waals surface area (Å²) in [5.74, 6) is 1.19. The molecule has 0 saturated heterocycles. The molecule has 0 amide bonds. The summed E-state index contributed by atoms with van der Waals surface area (Å²) in [6.45, 7) is 10.0. The summed E-state index contributed by atoms with van der Waals surface area (Å²) in [4.78, 5) is 4.44. The van der Waals surface area contributed by atoms with Crippen molar-refractivity contribution in [3.63, 3.8) is 0 Å². The van der Waals surface area contributed by atoms with Crippen molar-refractivity contribution in [2.24, 2.45) is 5.73 Å². The summed E-state index contributed by atoms with van der Waals surface area (Å²) >= 11 is 8.26. The summed E-state index contributed by atoms with van der Waals surface area (Å²) in [5, 5.41) is 0. The standard InChI is InChI=1S/C11H19N2.CH3NS2/c1-4-13(5-2,6-3)11-9-7-8-10-12-11;2-1(3)4/h7-10H,4-6H2,1-3H3;(H3,2,3,4)/q+1;/p-1. The van der Waals surface area contributed by atoms with Gasteiger partial charge >= 0.3 is 0 Å². The Bertz CT molecular complexity index is 312. The quantitative estimate of drug-likeness (QED) is 0.518. The molecule has 0 atom stereocenters. The maximum Gasteiger partial charge on any atom is 0.227 e. The van der Waals surface area contributed by atoms with Crippen LogP contribution in [0.5, 0.6) is 0 Å². The van der Waals surface area contributed by atoms with Gasteiger partial charge in [-0.2, -0.15) is 0 Å². The van der Waals surface area contributed by atoms with Crippen molar-refractivity contribution in [3.8, 4) is 0 Å². The van der Waals surface area contributed by atoms with Crippen LogP contribution < -0.4 is 10.2 Å². The third kappa shape index (κ3) is 5.39. The van der Waals surface area contributed by atoms with E-state index in [1.54, 1.807) is 0 Å². The molecule has 0 aliphatic carbocycles. The molecule has 5 heteroatoms. The number of hydrogen-bond acceptors (Lipinski definition) is 3. The number of hydrogen-bond donors (Lipinski definition) is 1. The van der Waals surface area contributed by atoms with Crippen LogP contribution in [0.3, 0.4) is 0 Å². The molecule has 0 aliphatic rings. The molecule has 1 aromatic heterocycles. The minimum Gasteiger partial charge on any atom is -0.415 e. The van der Waals surface area contributed by atoms with Crippen molar-refractivity contribution in [2.75, 3.05) is 19.6 Å². The molecular weight excluding hydrogens is 250 g/mol. The SMILES string of the molecule is CC[N+](CC)(CC)c1ccccn1.NC(=S)[S-]. The van der Waals surface area contributed by atoms with E-state index in [0.29, 0.717) is 0 Å². The van der Waals surface area contributed by atoms with E-state index in [0.717, 1.165) is 24.1 Å². The number of nitrogens with two attached hydrogens (primary N) is 1. The molecule has 0 bridgehead atoms. The van der Waals surface area contributed by atoms with Crippen molar-refractivity contribution >= 4 is 35.0 Å². The molecule has 0 radical (unpaired) electrons. The second kappa shape index (κ2) is 8.33. The van der Waals surface area contributed by atoms with Crippen LogP contribution in [0, 0.1) is 0 Å². The zero-order chi connectivity index (χ0) is 13.3. The fourth-order valence-electron chi connectivity index (χ4n) is 1.79. The van der Waals surface area contributed by atoms with E-state index >= 15 is 0 Å². The van der Waals surface area contributed by atoms with Gasteiger partial charge in [0.1, 0.15) is 0 Å². The van der Waals surface area contributed by atoms with Gasteiger partial charge in [-0.25, -0.2) is 4.98 Å². The molecule has 0 aromatic carbocycles. The number of pyridine rings is 1. The summed E-state index contributed by atoms with van der Waals surface area (Å²) in [6.07, 6.45) is 1.88. The highest BCUT2D eigenvalue weighted by Crippen LogP contribution is 2.18. The molecule has 0 unspecified atom stereocenters. The van der Waals surface area contributed by atoms with Gasteiger partial charge in [-0.1, -0.05) is 10.4 Å². The van der Waals surface area contributed by atoms with Gasteiger partial charge in [-0.05, 0) is 26.8 Å². The Morgan fingerprint density at radius 3 is 2.06 bits per heavy atom. The second-order valence-electron chi connectivity index (χ2n) is 3.60. The largest absolute Gasteiger partial charge is 0.415 e. The first kappa shape index (κ1) is 16.2. The van der Waals surface area contributed by atoms with E-state index in [-0.39, 0.29) is 4.32 Å². The van der Waals surface area contributed by atoms with Crippen LogP contribution in [0.15, 0.2) is 24.4 Å². The van der Waals surface area contributed by atoms with E-state index in [4.69, 9.17) is 0 Å². The normalized spacial score (nSPS) is 10.3. The Labute approximate surface area is 115 Å². The minimum absolute atomic E-state index is 0.0833. The van der Waals surface area contributed by atoms with Crippen LogP contribution in [0.1, 0.15) is 20.8 Å². The molecule has 0 fully saturated rings. The van der Waals surface area contributed by atoms with E-state index in [1.807, 2.05) is 12.3 Å². The first-order valence-electron chi connectivity index (χ1n) is 5.76. The fraction of sp³-hybridized carbons (Fsp3) is 0.500. The lowest BCUT2D eigenvalue weighted by atomic mass is 10.3. The van der Waals surface area contributed by atoms with Gasteiger partial charge < -0.3 is 30.6 Å². The molecule has 96 valence electrons. The average Bonchev–Trinajstić information content (AvgIpc) is 2.33. The second-order valence-corrected chi connectivity index (χ2v) is 4.74. The Morgan fingerprint density at radius 2 is 1.76 bits per heavy atom. The van der Waals surface area contributed by atoms with Gasteiger partial charge in [0.15, 0.2) is 0 Å². The van der Waals surface area contributed by atoms with E-state index in [9.17, 15) is 0 Å². The van der Waals surface area contributed by atoms with Crippen molar-refractivity contribution in [3.05, 3.63) is 24.4 Å². The van der Waals surface area contributed by atoms with Gasteiger partial charge in [0, 0.05) is 12.3 Å². The third-order valence-electron chi connectivity index (χ3n) is 2.95. The first-order chi connectivity index (χ1) is 8.02. The highest BCUT2D eigenvalue weighted by atomic mass is 32.1. The van der Waals surface area contributed by atoms with Crippen LogP contribution in [-0.2, 0) is 12.6 Å². The molecule has 3 nitrogen and oxygen atoms in total. The molecule has 0 saturated carbocycles. The summed E-state index contributed by atoms with van der Waals surface area (Å²) in [6, 6.07) is 6.16. The number of thiocarbonyl (C=S) groups is 1. The van der Waals surface area contributed by atoms with Crippen LogP contribution in [0.25, 0.3) is 0 Å². The van der Waals surface area contributed by atoms with Crippen LogP contribution >= 0.6 is 12.2 Å². The highest BCUT2D eigenvalue weighted by Gasteiger charge is 2.24. The molecular formula is C12H21N3S2. The molecule has 17 heavy (non-hydrogen) atoms. The molecule has 2 N–H and O–H groups in total. The fourth-order valence-corrected chi connectivity index (χ4v) is 1.79. The lowest BCUT2D eigenvalue weighted by molar-refractivity contribution is 0.308. The van der Waals surface area contributed by atoms with Gasteiger partial charge in [-0.3, -0.25) is 4.48 Å². The lowest BCUT2D eigenvalue weighted by Crippen LogP contribution is -2.49. The van der Waals surface area contributed by atoms with Crippen LogP contribution in [0.2, 0.25) is 0 Å². The number of nitrogens with zero attached hydrogens (tertiary/aromatic N) is 2. The van der Waals surface area contributed by atoms with Gasteiger partial charge in [0.05, 0.1) is 19.6 Å². The van der Waals surface area contributed by atoms with Gasteiger partial charge in [0.2, 0.25) is 5.82 Å². The molecule has 1 rings (SSSR count). The number of rotatable bonds is 4. The minimum atomic E-state index is 0.0833. The Hall–Kier alpha value is -0.780. The average molecular weight is 271 g/mol. The zero-order valence-corrected chi connectivity index (χ0v) is 12.4. The van der Waals surface area contributed by atoms with Crippen molar-refractivity contribution in [1.29, 1.82) is 0 Å². The summed E-state index contributed by atoms with van der Waals surface area (Å²) in [7, 11) is 0. The summed E-state index contributed by atoms with van der Waals surface area (Å²) < 4.78 is 1.07. The predicted molar refractivity (Wildman–Crippen MR) is 81.8 cm³/mol. The lowest BCUT2D eigenvalue weighted by Gasteiger charge is -2.33. The maximum absolute atomic E-state index is 4.66. The first-order valence-corrected chi connectivity index (χ1v) is 6.58. The van der Waals surface area contributed by atoms with Crippen LogP contribution in [-0.4, -0.2) is 28.9 Å². The van der Waals surface area contributed by atoms with Crippen LogP contribution in [0.4, 0.5) is 5.82 Å². The molecule has 0 spiro atoms. The zero-order valence-electron chi connectivity index (χ0n) is 10.7. The van der Waals surface area contributed by atoms with Gasteiger partial charge in [0.25, 0.3) is 0 Å². The number of aromatic nitrogens is 1. The Balaban J connectivity index is 0.000000557.